The van der Waals surface area contributed by atoms with Crippen molar-refractivity contribution in [3.63, 3.8) is 0 Å². The molecule has 0 saturated carbocycles. The molecule has 2 N–H and O–H groups in total. The summed E-state index contributed by atoms with van der Waals surface area (Å²) in [6, 6.07) is 3.76. The van der Waals surface area contributed by atoms with E-state index in [-0.39, 0.29) is 0 Å². The smallest absolute Gasteiger partial charge is 0.323 e. The van der Waals surface area contributed by atoms with Gasteiger partial charge in [-0.2, -0.15) is 0 Å². The number of carboxylic acid groups (broad SMARTS) is 1. The highest BCUT2D eigenvalue weighted by molar-refractivity contribution is 9.10. The fraction of sp³-hybridized carbons (Fsp3) is 0.500. The third-order valence-corrected chi connectivity index (χ3v) is 3.14. The molecule has 1 heterocycles. The Balaban J connectivity index is 2.64. The van der Waals surface area contributed by atoms with Gasteiger partial charge in [0.1, 0.15) is 5.54 Å². The number of hydrogen-bond donors (Lipinski definition) is 2. The molecule has 0 aliphatic rings. The highest BCUT2D eigenvalue weighted by atomic mass is 79.9. The van der Waals surface area contributed by atoms with Gasteiger partial charge < -0.3 is 5.11 Å². The Morgan fingerprint density at radius 1 is 1.59 bits per heavy atom. The Kier molecular flexibility index (Phi) is 5.08. The van der Waals surface area contributed by atoms with Crippen molar-refractivity contribution in [2.75, 3.05) is 0 Å². The number of nitrogens with zero attached hydrogens (tertiary/aromatic N) is 1. The van der Waals surface area contributed by atoms with E-state index in [9.17, 15) is 9.90 Å². The normalized spacial score (nSPS) is 14.3. The van der Waals surface area contributed by atoms with Crippen molar-refractivity contribution >= 4 is 21.9 Å². The summed E-state index contributed by atoms with van der Waals surface area (Å²) in [5.41, 5.74) is -0.0551. The van der Waals surface area contributed by atoms with Crippen LogP contribution in [0.3, 0.4) is 0 Å². The number of aromatic nitrogens is 1. The van der Waals surface area contributed by atoms with Crippen LogP contribution >= 0.6 is 15.9 Å². The Morgan fingerprint density at radius 3 is 2.76 bits per heavy atom. The second-order valence-electron chi connectivity index (χ2n) is 4.21. The summed E-state index contributed by atoms with van der Waals surface area (Å²) in [6.07, 6.45) is 3.12. The highest BCUT2D eigenvalue weighted by Crippen LogP contribution is 2.14. The Morgan fingerprint density at radius 2 is 2.29 bits per heavy atom. The van der Waals surface area contributed by atoms with Crippen LogP contribution in [0.2, 0.25) is 0 Å². The van der Waals surface area contributed by atoms with Gasteiger partial charge in [0.05, 0.1) is 5.69 Å². The van der Waals surface area contributed by atoms with E-state index in [2.05, 4.69) is 26.2 Å². The first-order valence-corrected chi connectivity index (χ1v) is 6.36. The standard InChI is InChI=1S/C12H17BrN2O2/c1-3-6-12(2,11(16)17)15-8-10-5-4-9(13)7-14-10/h4-5,7,15H,3,6,8H2,1-2H3,(H,16,17). The zero-order valence-electron chi connectivity index (χ0n) is 10.0. The Hall–Kier alpha value is -0.940. The molecular weight excluding hydrogens is 284 g/mol. The lowest BCUT2D eigenvalue weighted by atomic mass is 9.96. The first kappa shape index (κ1) is 14.1. The third kappa shape index (κ3) is 4.09. The maximum Gasteiger partial charge on any atom is 0.323 e. The fourth-order valence-electron chi connectivity index (χ4n) is 1.57. The predicted octanol–water partition coefficient (Wildman–Crippen LogP) is 2.58. The SMILES string of the molecule is CCCC(C)(NCc1ccc(Br)cn1)C(=O)O. The van der Waals surface area contributed by atoms with Gasteiger partial charge in [0, 0.05) is 17.2 Å². The van der Waals surface area contributed by atoms with E-state index in [0.717, 1.165) is 16.6 Å². The molecule has 0 saturated heterocycles. The number of pyridine rings is 1. The van der Waals surface area contributed by atoms with Crippen LogP contribution in [0.15, 0.2) is 22.8 Å². The minimum absolute atomic E-state index is 0.454. The monoisotopic (exact) mass is 300 g/mol. The van der Waals surface area contributed by atoms with E-state index in [4.69, 9.17) is 0 Å². The molecule has 1 unspecified atom stereocenters. The van der Waals surface area contributed by atoms with Gasteiger partial charge >= 0.3 is 5.97 Å². The van der Waals surface area contributed by atoms with E-state index < -0.39 is 11.5 Å². The molecule has 4 nitrogen and oxygen atoms in total. The molecule has 1 aromatic heterocycles. The molecule has 17 heavy (non-hydrogen) atoms. The molecular formula is C12H17BrN2O2. The Bertz CT molecular complexity index is 381. The molecule has 0 aliphatic heterocycles. The molecule has 0 bridgehead atoms. The number of carbonyl (C=O) groups is 1. The summed E-state index contributed by atoms with van der Waals surface area (Å²) >= 11 is 3.31. The third-order valence-electron chi connectivity index (χ3n) is 2.67. The van der Waals surface area contributed by atoms with E-state index in [1.807, 2.05) is 19.1 Å². The van der Waals surface area contributed by atoms with Gasteiger partial charge in [-0.25, -0.2) is 0 Å². The summed E-state index contributed by atoms with van der Waals surface area (Å²) in [5.74, 6) is -0.823. The predicted molar refractivity (Wildman–Crippen MR) is 69.7 cm³/mol. The van der Waals surface area contributed by atoms with Crippen LogP contribution in [0.4, 0.5) is 0 Å². The van der Waals surface area contributed by atoms with E-state index in [0.29, 0.717) is 13.0 Å². The highest BCUT2D eigenvalue weighted by Gasteiger charge is 2.31. The fourth-order valence-corrected chi connectivity index (χ4v) is 1.80. The van der Waals surface area contributed by atoms with Crippen LogP contribution in [-0.4, -0.2) is 21.6 Å². The summed E-state index contributed by atoms with van der Waals surface area (Å²) in [5, 5.41) is 12.3. The van der Waals surface area contributed by atoms with Crippen LogP contribution in [0.25, 0.3) is 0 Å². The maximum atomic E-state index is 11.2. The van der Waals surface area contributed by atoms with Gasteiger partial charge in [-0.3, -0.25) is 15.1 Å². The lowest BCUT2D eigenvalue weighted by Gasteiger charge is -2.25. The van der Waals surface area contributed by atoms with Crippen LogP contribution in [0, 0.1) is 0 Å². The number of halogens is 1. The molecule has 94 valence electrons. The Labute approximate surface area is 110 Å². The van der Waals surface area contributed by atoms with Gasteiger partial charge in [0.2, 0.25) is 0 Å². The first-order chi connectivity index (χ1) is 7.98. The van der Waals surface area contributed by atoms with Crippen molar-refractivity contribution in [3.05, 3.63) is 28.5 Å². The number of nitrogens with one attached hydrogen (secondary N) is 1. The zero-order valence-corrected chi connectivity index (χ0v) is 11.6. The molecule has 0 aliphatic carbocycles. The quantitative estimate of drug-likeness (QED) is 0.848. The zero-order chi connectivity index (χ0) is 12.9. The average molecular weight is 301 g/mol. The lowest BCUT2D eigenvalue weighted by Crippen LogP contribution is -2.49. The number of carboxylic acids is 1. The average Bonchev–Trinajstić information content (AvgIpc) is 2.28. The van der Waals surface area contributed by atoms with Gasteiger partial charge in [0.25, 0.3) is 0 Å². The van der Waals surface area contributed by atoms with Crippen molar-refractivity contribution in [3.8, 4) is 0 Å². The van der Waals surface area contributed by atoms with Crippen molar-refractivity contribution in [2.45, 2.75) is 38.8 Å². The molecule has 1 atom stereocenters. The summed E-state index contributed by atoms with van der Waals surface area (Å²) in [7, 11) is 0. The maximum absolute atomic E-state index is 11.2. The second-order valence-corrected chi connectivity index (χ2v) is 5.12. The molecule has 5 heteroatoms. The van der Waals surface area contributed by atoms with Crippen LogP contribution in [-0.2, 0) is 11.3 Å². The number of aliphatic carboxylic acids is 1. The van der Waals surface area contributed by atoms with E-state index >= 15 is 0 Å². The first-order valence-electron chi connectivity index (χ1n) is 5.57. The van der Waals surface area contributed by atoms with E-state index in [1.165, 1.54) is 0 Å². The van der Waals surface area contributed by atoms with Crippen LogP contribution < -0.4 is 5.32 Å². The van der Waals surface area contributed by atoms with Crippen molar-refractivity contribution in [1.82, 2.24) is 10.3 Å². The summed E-state index contributed by atoms with van der Waals surface area (Å²) < 4.78 is 0.913. The van der Waals surface area contributed by atoms with Crippen molar-refractivity contribution in [1.29, 1.82) is 0 Å². The van der Waals surface area contributed by atoms with E-state index in [1.54, 1.807) is 13.1 Å². The molecule has 0 spiro atoms. The topological polar surface area (TPSA) is 62.2 Å². The number of rotatable bonds is 6. The molecule has 0 fully saturated rings. The van der Waals surface area contributed by atoms with Gasteiger partial charge in [-0.15, -0.1) is 0 Å². The second kappa shape index (κ2) is 6.12. The lowest BCUT2D eigenvalue weighted by molar-refractivity contribution is -0.144. The number of hydrogen-bond acceptors (Lipinski definition) is 3. The van der Waals surface area contributed by atoms with Crippen LogP contribution in [0.1, 0.15) is 32.4 Å². The van der Waals surface area contributed by atoms with Gasteiger partial charge in [0.15, 0.2) is 0 Å². The minimum atomic E-state index is -0.885. The van der Waals surface area contributed by atoms with Gasteiger partial charge in [-0.05, 0) is 41.4 Å². The minimum Gasteiger partial charge on any atom is -0.480 e. The van der Waals surface area contributed by atoms with Crippen molar-refractivity contribution < 1.29 is 9.90 Å². The summed E-state index contributed by atoms with van der Waals surface area (Å²) in [6.45, 7) is 4.13. The molecule has 1 rings (SSSR count). The molecule has 1 aromatic rings. The largest absolute Gasteiger partial charge is 0.480 e. The van der Waals surface area contributed by atoms with Crippen LogP contribution in [0.5, 0.6) is 0 Å². The van der Waals surface area contributed by atoms with Gasteiger partial charge in [-0.1, -0.05) is 13.3 Å². The molecule has 0 amide bonds. The molecule has 0 aromatic carbocycles. The molecule has 0 radical (unpaired) electrons. The summed E-state index contributed by atoms with van der Waals surface area (Å²) in [4.78, 5) is 15.4. The van der Waals surface area contributed by atoms with Crippen molar-refractivity contribution in [2.24, 2.45) is 0 Å².